The molecule has 1 atom stereocenters. The van der Waals surface area contributed by atoms with Crippen LogP contribution in [0.1, 0.15) is 25.8 Å². The van der Waals surface area contributed by atoms with Gasteiger partial charge in [0.1, 0.15) is 10.4 Å². The van der Waals surface area contributed by atoms with Crippen molar-refractivity contribution in [3.05, 3.63) is 38.7 Å². The molecule has 0 saturated carbocycles. The maximum absolute atomic E-state index is 12.6. The number of carboxylic acid groups (broad SMARTS) is 1. The van der Waals surface area contributed by atoms with Crippen LogP contribution < -0.4 is 0 Å². The number of rotatable bonds is 5. The van der Waals surface area contributed by atoms with Crippen molar-refractivity contribution >= 4 is 69.5 Å². The van der Waals surface area contributed by atoms with Crippen LogP contribution in [0.5, 0.6) is 0 Å². The Labute approximate surface area is 159 Å². The van der Waals surface area contributed by atoms with Crippen molar-refractivity contribution in [2.75, 3.05) is 0 Å². The first kappa shape index (κ1) is 19.2. The Morgan fingerprint density at radius 2 is 2.08 bits per heavy atom. The van der Waals surface area contributed by atoms with Gasteiger partial charge >= 0.3 is 5.97 Å². The zero-order chi connectivity index (χ0) is 18.0. The lowest BCUT2D eigenvalue weighted by molar-refractivity contribution is -0.145. The highest BCUT2D eigenvalue weighted by molar-refractivity contribution is 8.26. The molecule has 1 heterocycles. The summed E-state index contributed by atoms with van der Waals surface area (Å²) in [4.78, 5) is 25.7. The number of benzene rings is 1. The van der Waals surface area contributed by atoms with Crippen molar-refractivity contribution in [1.29, 1.82) is 0 Å². The summed E-state index contributed by atoms with van der Waals surface area (Å²) < 4.78 is 0.240. The van der Waals surface area contributed by atoms with E-state index >= 15 is 0 Å². The van der Waals surface area contributed by atoms with Crippen molar-refractivity contribution < 1.29 is 14.7 Å². The molecular formula is C16H15Cl2NO3S2. The van der Waals surface area contributed by atoms with Crippen molar-refractivity contribution in [2.24, 2.45) is 5.92 Å². The number of hydrogen-bond donors (Lipinski definition) is 1. The van der Waals surface area contributed by atoms with Crippen LogP contribution in [0, 0.1) is 5.92 Å². The number of nitrogens with zero attached hydrogens (tertiary/aromatic N) is 1. The number of thioether (sulfide) groups is 1. The predicted molar refractivity (Wildman–Crippen MR) is 102 cm³/mol. The fraction of sp³-hybridized carbons (Fsp3) is 0.312. The van der Waals surface area contributed by atoms with Crippen LogP contribution in [0.25, 0.3) is 6.08 Å². The van der Waals surface area contributed by atoms with E-state index in [2.05, 4.69) is 0 Å². The molecule has 0 spiro atoms. The molecule has 1 fully saturated rings. The Bertz CT molecular complexity index is 734. The molecule has 1 aliphatic rings. The second-order valence-corrected chi connectivity index (χ2v) is 8.22. The van der Waals surface area contributed by atoms with Crippen LogP contribution in [-0.2, 0) is 9.59 Å². The van der Waals surface area contributed by atoms with Crippen LogP contribution in [0.3, 0.4) is 0 Å². The highest BCUT2D eigenvalue weighted by atomic mass is 35.5. The van der Waals surface area contributed by atoms with E-state index in [0.29, 0.717) is 26.9 Å². The van der Waals surface area contributed by atoms with Crippen LogP contribution in [0.2, 0.25) is 10.0 Å². The molecule has 0 unspecified atom stereocenters. The van der Waals surface area contributed by atoms with E-state index in [-0.39, 0.29) is 10.2 Å². The molecule has 1 aromatic rings. The smallest absolute Gasteiger partial charge is 0.326 e. The van der Waals surface area contributed by atoms with Gasteiger partial charge in [-0.15, -0.1) is 0 Å². The third-order valence-corrected chi connectivity index (χ3v) is 5.26. The summed E-state index contributed by atoms with van der Waals surface area (Å²) in [7, 11) is 0. The molecule has 0 bridgehead atoms. The van der Waals surface area contributed by atoms with Gasteiger partial charge in [0.2, 0.25) is 0 Å². The molecule has 0 radical (unpaired) electrons. The molecule has 1 aromatic carbocycles. The van der Waals surface area contributed by atoms with Gasteiger partial charge in [-0.25, -0.2) is 4.79 Å². The summed E-state index contributed by atoms with van der Waals surface area (Å²) in [6.07, 6.45) is 1.93. The van der Waals surface area contributed by atoms with Gasteiger partial charge in [-0.1, -0.05) is 67.1 Å². The normalized spacial score (nSPS) is 17.9. The number of carbonyl (C=O) groups excluding carboxylic acids is 1. The lowest BCUT2D eigenvalue weighted by atomic mass is 10.0. The Morgan fingerprint density at radius 1 is 1.42 bits per heavy atom. The fourth-order valence-electron chi connectivity index (χ4n) is 2.27. The standard InChI is InChI=1S/C16H15Cl2NO3S2/c1-8(2)5-12(15(21)22)19-14(20)13(24-16(19)23)6-9-3-4-10(17)7-11(9)18/h3-4,6-8,12H,5H2,1-2H3,(H,21,22)/b13-6-/t12-/m0/s1. The molecule has 1 N–H and O–H groups in total. The lowest BCUT2D eigenvalue weighted by Gasteiger charge is -2.24. The zero-order valence-corrected chi connectivity index (χ0v) is 16.1. The first-order chi connectivity index (χ1) is 11.2. The van der Waals surface area contributed by atoms with Gasteiger partial charge < -0.3 is 5.11 Å². The van der Waals surface area contributed by atoms with Gasteiger partial charge in [0.15, 0.2) is 0 Å². The van der Waals surface area contributed by atoms with Gasteiger partial charge in [-0.3, -0.25) is 9.69 Å². The van der Waals surface area contributed by atoms with Crippen molar-refractivity contribution in [3.8, 4) is 0 Å². The van der Waals surface area contributed by atoms with Crippen molar-refractivity contribution in [2.45, 2.75) is 26.3 Å². The van der Waals surface area contributed by atoms with Crippen LogP contribution in [0.15, 0.2) is 23.1 Å². The number of aliphatic carboxylic acids is 1. The minimum absolute atomic E-state index is 0.116. The summed E-state index contributed by atoms with van der Waals surface area (Å²) in [6, 6.07) is 3.97. The van der Waals surface area contributed by atoms with Gasteiger partial charge in [0.25, 0.3) is 5.91 Å². The average molecular weight is 404 g/mol. The maximum atomic E-state index is 12.6. The monoisotopic (exact) mass is 403 g/mol. The topological polar surface area (TPSA) is 57.6 Å². The molecule has 0 aliphatic carbocycles. The molecule has 1 amide bonds. The van der Waals surface area contributed by atoms with E-state index in [9.17, 15) is 14.7 Å². The molecule has 1 aliphatic heterocycles. The maximum Gasteiger partial charge on any atom is 0.326 e. The number of carbonyl (C=O) groups is 2. The first-order valence-corrected chi connectivity index (χ1v) is 9.13. The molecular weight excluding hydrogens is 389 g/mol. The molecule has 8 heteroatoms. The van der Waals surface area contributed by atoms with Crippen molar-refractivity contribution in [1.82, 2.24) is 4.90 Å². The van der Waals surface area contributed by atoms with E-state index in [1.54, 1.807) is 24.3 Å². The predicted octanol–water partition coefficient (Wildman–Crippen LogP) is 4.69. The lowest BCUT2D eigenvalue weighted by Crippen LogP contribution is -2.44. The third kappa shape index (κ3) is 4.30. The van der Waals surface area contributed by atoms with Crippen LogP contribution in [0.4, 0.5) is 0 Å². The van der Waals surface area contributed by atoms with Gasteiger partial charge in [-0.05, 0) is 36.1 Å². The van der Waals surface area contributed by atoms with Gasteiger partial charge in [-0.2, -0.15) is 0 Å². The molecule has 24 heavy (non-hydrogen) atoms. The first-order valence-electron chi connectivity index (χ1n) is 7.15. The summed E-state index contributed by atoms with van der Waals surface area (Å²) >= 11 is 18.3. The molecule has 2 rings (SSSR count). The van der Waals surface area contributed by atoms with Crippen LogP contribution in [-0.4, -0.2) is 32.2 Å². The highest BCUT2D eigenvalue weighted by Crippen LogP contribution is 2.36. The Balaban J connectivity index is 2.33. The SMILES string of the molecule is CC(C)C[C@@H](C(=O)O)N1C(=O)/C(=C/c2ccc(Cl)cc2Cl)SC1=S. The average Bonchev–Trinajstić information content (AvgIpc) is 2.74. The quantitative estimate of drug-likeness (QED) is 0.570. The second kappa shape index (κ2) is 7.87. The highest BCUT2D eigenvalue weighted by Gasteiger charge is 2.40. The Morgan fingerprint density at radius 3 is 2.62 bits per heavy atom. The number of hydrogen-bond acceptors (Lipinski definition) is 4. The van der Waals surface area contributed by atoms with Crippen molar-refractivity contribution in [3.63, 3.8) is 0 Å². The number of carboxylic acids is 1. The summed E-state index contributed by atoms with van der Waals surface area (Å²) in [5, 5.41) is 10.4. The van der Waals surface area contributed by atoms with E-state index in [0.717, 1.165) is 11.8 Å². The molecule has 128 valence electrons. The second-order valence-electron chi connectivity index (χ2n) is 5.70. The summed E-state index contributed by atoms with van der Waals surface area (Å²) in [5.41, 5.74) is 0.623. The minimum atomic E-state index is -1.06. The largest absolute Gasteiger partial charge is 0.480 e. The summed E-state index contributed by atoms with van der Waals surface area (Å²) in [5.74, 6) is -1.36. The summed E-state index contributed by atoms with van der Waals surface area (Å²) in [6.45, 7) is 3.80. The van der Waals surface area contributed by atoms with Gasteiger partial charge in [0, 0.05) is 10.0 Å². The number of halogens is 2. The zero-order valence-electron chi connectivity index (χ0n) is 13.0. The number of thiocarbonyl (C=S) groups is 1. The molecule has 0 aromatic heterocycles. The van der Waals surface area contributed by atoms with Gasteiger partial charge in [0.05, 0.1) is 4.91 Å². The Kier molecular flexibility index (Phi) is 6.31. The number of amides is 1. The van der Waals surface area contributed by atoms with E-state index in [1.165, 1.54) is 4.90 Å². The Hall–Kier alpha value is -1.08. The van der Waals surface area contributed by atoms with E-state index < -0.39 is 17.9 Å². The fourth-order valence-corrected chi connectivity index (χ4v) is 4.08. The van der Waals surface area contributed by atoms with Crippen LogP contribution >= 0.6 is 47.2 Å². The van der Waals surface area contributed by atoms with E-state index in [4.69, 9.17) is 35.4 Å². The minimum Gasteiger partial charge on any atom is -0.480 e. The molecule has 1 saturated heterocycles. The third-order valence-electron chi connectivity index (χ3n) is 3.36. The molecule has 4 nitrogen and oxygen atoms in total. The van der Waals surface area contributed by atoms with E-state index in [1.807, 2.05) is 13.8 Å².